The Bertz CT molecular complexity index is 470. The largest absolute Gasteiger partial charge is 0.398 e. The molecule has 0 atom stereocenters. The van der Waals surface area contributed by atoms with Crippen LogP contribution in [0.5, 0.6) is 0 Å². The zero-order valence-corrected chi connectivity index (χ0v) is 8.71. The van der Waals surface area contributed by atoms with Crippen LogP contribution in [0.3, 0.4) is 0 Å². The molecule has 0 saturated heterocycles. The Balaban J connectivity index is 2.29. The second-order valence-electron chi connectivity index (χ2n) is 3.37. The number of carbonyl (C=O) groups is 1. The van der Waals surface area contributed by atoms with Gasteiger partial charge in [0.05, 0.1) is 5.56 Å². The van der Waals surface area contributed by atoms with Crippen molar-refractivity contribution in [3.05, 3.63) is 66.5 Å². The third kappa shape index (κ3) is 2.03. The first-order valence-corrected chi connectivity index (χ1v) is 4.98. The van der Waals surface area contributed by atoms with Crippen molar-refractivity contribution in [3.63, 3.8) is 0 Å². The standard InChI is InChI=1S/C13H12N2O/c14-12-8-4-3-7-11(12)13(16)15-9-5-1-2-6-10-15/h1-10H,14H2. The summed E-state index contributed by atoms with van der Waals surface area (Å²) >= 11 is 0. The van der Waals surface area contributed by atoms with E-state index in [4.69, 9.17) is 5.73 Å². The zero-order chi connectivity index (χ0) is 11.4. The van der Waals surface area contributed by atoms with Gasteiger partial charge >= 0.3 is 0 Å². The van der Waals surface area contributed by atoms with E-state index in [1.54, 1.807) is 42.8 Å². The molecule has 0 aromatic heterocycles. The first kappa shape index (κ1) is 10.2. The molecule has 0 unspecified atom stereocenters. The van der Waals surface area contributed by atoms with Crippen LogP contribution in [0.15, 0.2) is 61.0 Å². The molecule has 1 heterocycles. The molecular formula is C13H12N2O. The van der Waals surface area contributed by atoms with Crippen molar-refractivity contribution in [3.8, 4) is 0 Å². The van der Waals surface area contributed by atoms with Crippen molar-refractivity contribution in [2.45, 2.75) is 0 Å². The molecule has 0 spiro atoms. The predicted molar refractivity (Wildman–Crippen MR) is 64.4 cm³/mol. The van der Waals surface area contributed by atoms with Crippen LogP contribution < -0.4 is 5.73 Å². The van der Waals surface area contributed by atoms with Crippen molar-refractivity contribution in [2.75, 3.05) is 5.73 Å². The Hall–Kier alpha value is -2.29. The van der Waals surface area contributed by atoms with Gasteiger partial charge in [-0.3, -0.25) is 9.69 Å². The monoisotopic (exact) mass is 212 g/mol. The highest BCUT2D eigenvalue weighted by Gasteiger charge is 2.13. The fourth-order valence-electron chi connectivity index (χ4n) is 1.43. The maximum atomic E-state index is 12.1. The van der Waals surface area contributed by atoms with Gasteiger partial charge in [0, 0.05) is 18.1 Å². The lowest BCUT2D eigenvalue weighted by Gasteiger charge is -2.13. The molecule has 16 heavy (non-hydrogen) atoms. The molecule has 80 valence electrons. The van der Waals surface area contributed by atoms with Gasteiger partial charge in [0.25, 0.3) is 5.91 Å². The Kier molecular flexibility index (Phi) is 2.87. The summed E-state index contributed by atoms with van der Waals surface area (Å²) < 4.78 is 0. The Morgan fingerprint density at radius 2 is 1.62 bits per heavy atom. The summed E-state index contributed by atoms with van der Waals surface area (Å²) in [5, 5.41) is 0. The maximum Gasteiger partial charge on any atom is 0.263 e. The van der Waals surface area contributed by atoms with E-state index in [-0.39, 0.29) is 5.91 Å². The van der Waals surface area contributed by atoms with Crippen molar-refractivity contribution in [1.29, 1.82) is 0 Å². The van der Waals surface area contributed by atoms with Crippen LogP contribution in [-0.4, -0.2) is 10.8 Å². The van der Waals surface area contributed by atoms with Crippen LogP contribution in [0.25, 0.3) is 0 Å². The van der Waals surface area contributed by atoms with Gasteiger partial charge in [-0.1, -0.05) is 24.3 Å². The molecular weight excluding hydrogens is 200 g/mol. The summed E-state index contributed by atoms with van der Waals surface area (Å²) in [6.45, 7) is 0. The summed E-state index contributed by atoms with van der Waals surface area (Å²) in [5.74, 6) is -0.130. The average Bonchev–Trinajstić information content (AvgIpc) is 2.57. The van der Waals surface area contributed by atoms with Crippen molar-refractivity contribution >= 4 is 11.6 Å². The normalized spacial score (nSPS) is 13.9. The van der Waals surface area contributed by atoms with E-state index in [2.05, 4.69) is 0 Å². The summed E-state index contributed by atoms with van der Waals surface area (Å²) in [5.41, 5.74) is 6.76. The summed E-state index contributed by atoms with van der Waals surface area (Å²) in [4.78, 5) is 13.6. The minimum absolute atomic E-state index is 0.130. The van der Waals surface area contributed by atoms with E-state index in [9.17, 15) is 4.79 Å². The number of hydrogen-bond acceptors (Lipinski definition) is 2. The number of benzene rings is 1. The fourth-order valence-corrected chi connectivity index (χ4v) is 1.43. The first-order chi connectivity index (χ1) is 7.79. The fraction of sp³-hybridized carbons (Fsp3) is 0. The molecule has 0 bridgehead atoms. The molecule has 0 aliphatic carbocycles. The average molecular weight is 212 g/mol. The molecule has 0 saturated carbocycles. The molecule has 2 rings (SSSR count). The van der Waals surface area contributed by atoms with E-state index in [0.717, 1.165) is 0 Å². The lowest BCUT2D eigenvalue weighted by atomic mass is 10.1. The van der Waals surface area contributed by atoms with Gasteiger partial charge in [0.15, 0.2) is 0 Å². The number of nitrogen functional groups attached to an aromatic ring is 1. The summed E-state index contributed by atoms with van der Waals surface area (Å²) in [7, 11) is 0. The van der Waals surface area contributed by atoms with Gasteiger partial charge in [0.2, 0.25) is 0 Å². The molecule has 0 radical (unpaired) electrons. The van der Waals surface area contributed by atoms with Crippen LogP contribution in [0, 0.1) is 0 Å². The number of hydrogen-bond donors (Lipinski definition) is 1. The predicted octanol–water partition coefficient (Wildman–Crippen LogP) is 2.31. The molecule has 2 N–H and O–H groups in total. The van der Waals surface area contributed by atoms with Crippen LogP contribution in [0.2, 0.25) is 0 Å². The van der Waals surface area contributed by atoms with E-state index >= 15 is 0 Å². The topological polar surface area (TPSA) is 46.3 Å². The lowest BCUT2D eigenvalue weighted by molar-refractivity contribution is 0.0870. The minimum atomic E-state index is -0.130. The number of nitrogens with zero attached hydrogens (tertiary/aromatic N) is 1. The summed E-state index contributed by atoms with van der Waals surface area (Å²) in [6, 6.07) is 7.04. The van der Waals surface area contributed by atoms with Crippen molar-refractivity contribution in [1.82, 2.24) is 4.90 Å². The number of anilines is 1. The zero-order valence-electron chi connectivity index (χ0n) is 8.71. The SMILES string of the molecule is Nc1ccccc1C(=O)N1C=CC=CC=C1. The number of amides is 1. The highest BCUT2D eigenvalue weighted by atomic mass is 16.2. The highest BCUT2D eigenvalue weighted by Crippen LogP contribution is 2.14. The Morgan fingerprint density at radius 1 is 1.00 bits per heavy atom. The second kappa shape index (κ2) is 4.49. The van der Waals surface area contributed by atoms with E-state index < -0.39 is 0 Å². The third-order valence-corrected chi connectivity index (χ3v) is 2.25. The van der Waals surface area contributed by atoms with Gasteiger partial charge in [-0.25, -0.2) is 0 Å². The Labute approximate surface area is 94.2 Å². The molecule has 1 amide bonds. The van der Waals surface area contributed by atoms with Crippen LogP contribution in [0.1, 0.15) is 10.4 Å². The smallest absolute Gasteiger partial charge is 0.263 e. The van der Waals surface area contributed by atoms with Gasteiger partial charge in [-0.15, -0.1) is 0 Å². The number of nitrogens with two attached hydrogens (primary N) is 1. The maximum absolute atomic E-state index is 12.1. The summed E-state index contributed by atoms with van der Waals surface area (Å²) in [6.07, 6.45) is 10.7. The van der Waals surface area contributed by atoms with Crippen LogP contribution in [0.4, 0.5) is 5.69 Å². The molecule has 1 aromatic carbocycles. The molecule has 1 aliphatic heterocycles. The van der Waals surface area contributed by atoms with Gasteiger partial charge in [-0.05, 0) is 24.3 Å². The van der Waals surface area contributed by atoms with Gasteiger partial charge < -0.3 is 5.73 Å². The number of allylic oxidation sites excluding steroid dienone is 4. The Morgan fingerprint density at radius 3 is 2.25 bits per heavy atom. The number of rotatable bonds is 1. The van der Waals surface area contributed by atoms with Crippen molar-refractivity contribution < 1.29 is 4.79 Å². The number of para-hydroxylation sites is 1. The molecule has 1 aliphatic rings. The third-order valence-electron chi connectivity index (χ3n) is 2.25. The quantitative estimate of drug-likeness (QED) is 0.726. The molecule has 3 nitrogen and oxygen atoms in total. The van der Waals surface area contributed by atoms with Crippen molar-refractivity contribution in [2.24, 2.45) is 0 Å². The molecule has 3 heteroatoms. The van der Waals surface area contributed by atoms with Crippen LogP contribution >= 0.6 is 0 Å². The lowest BCUT2D eigenvalue weighted by Crippen LogP contribution is -2.20. The molecule has 1 aromatic rings. The first-order valence-electron chi connectivity index (χ1n) is 4.98. The van der Waals surface area contributed by atoms with E-state index in [1.165, 1.54) is 4.90 Å². The van der Waals surface area contributed by atoms with E-state index in [1.807, 2.05) is 18.2 Å². The second-order valence-corrected chi connectivity index (χ2v) is 3.37. The molecule has 0 fully saturated rings. The van der Waals surface area contributed by atoms with Gasteiger partial charge in [0.1, 0.15) is 0 Å². The van der Waals surface area contributed by atoms with E-state index in [0.29, 0.717) is 11.3 Å². The highest BCUT2D eigenvalue weighted by molar-refractivity contribution is 6.00. The minimum Gasteiger partial charge on any atom is -0.398 e. The number of carbonyl (C=O) groups excluding carboxylic acids is 1. The van der Waals surface area contributed by atoms with Gasteiger partial charge in [-0.2, -0.15) is 0 Å². The van der Waals surface area contributed by atoms with Crippen LogP contribution in [-0.2, 0) is 0 Å².